The number of carbonyl (C=O) groups is 7. The lowest BCUT2D eigenvalue weighted by molar-refractivity contribution is -0.138. The summed E-state index contributed by atoms with van der Waals surface area (Å²) in [7, 11) is 0. The van der Waals surface area contributed by atoms with Gasteiger partial charge in [-0.1, -0.05) is 6.07 Å². The Morgan fingerprint density at radius 3 is 1.22 bits per heavy atom. The first-order valence-corrected chi connectivity index (χ1v) is 19.3. The zero-order valence-corrected chi connectivity index (χ0v) is 33.3. The van der Waals surface area contributed by atoms with E-state index in [4.69, 9.17) is 5.73 Å². The van der Waals surface area contributed by atoms with Gasteiger partial charge < -0.3 is 51.3 Å². The molecule has 0 unspecified atom stereocenters. The maximum absolute atomic E-state index is 14.4. The Kier molecular flexibility index (Phi) is 15.1. The largest absolute Gasteiger partial charge is 0.366 e. The Balaban J connectivity index is 1.54. The molecule has 7 amide bonds. The van der Waals surface area contributed by atoms with Crippen LogP contribution in [0.2, 0.25) is 0 Å². The van der Waals surface area contributed by atoms with E-state index in [0.29, 0.717) is 28.2 Å². The van der Waals surface area contributed by atoms with Gasteiger partial charge in [0.2, 0.25) is 41.4 Å². The molecule has 4 aromatic rings. The Morgan fingerprint density at radius 1 is 0.576 bits per heavy atom. The van der Waals surface area contributed by atoms with E-state index in [1.54, 1.807) is 51.5 Å². The van der Waals surface area contributed by atoms with Gasteiger partial charge in [0.05, 0.1) is 19.0 Å². The number of carbonyl (C=O) groups excluding carboxylic acids is 7. The van der Waals surface area contributed by atoms with E-state index < -0.39 is 53.6 Å². The molecule has 0 spiro atoms. The zero-order chi connectivity index (χ0) is 42.5. The molecule has 0 saturated heterocycles. The third-order valence-electron chi connectivity index (χ3n) is 9.69. The van der Waals surface area contributed by atoms with Gasteiger partial charge >= 0.3 is 0 Å². The Bertz CT molecular complexity index is 1970. The maximum atomic E-state index is 14.4. The van der Waals surface area contributed by atoms with Gasteiger partial charge in [-0.25, -0.2) is 15.0 Å². The maximum Gasteiger partial charge on any atom is 0.248 e. The average Bonchev–Trinajstić information content (AvgIpc) is 4.00. The van der Waals surface area contributed by atoms with Crippen LogP contribution < -0.4 is 21.7 Å². The molecule has 20 nitrogen and oxygen atoms in total. The fourth-order valence-corrected chi connectivity index (χ4v) is 7.15. The lowest BCUT2D eigenvalue weighted by Crippen LogP contribution is -2.52. The van der Waals surface area contributed by atoms with E-state index in [1.165, 1.54) is 39.8 Å². The van der Waals surface area contributed by atoms with Crippen LogP contribution in [0.3, 0.4) is 0 Å². The highest BCUT2D eigenvalue weighted by Gasteiger charge is 2.31. The zero-order valence-electron chi connectivity index (χ0n) is 33.3. The normalized spacial score (nSPS) is 15.3. The minimum absolute atomic E-state index is 0.0173. The summed E-state index contributed by atoms with van der Waals surface area (Å²) >= 11 is 0. The van der Waals surface area contributed by atoms with Crippen molar-refractivity contribution in [1.29, 1.82) is 0 Å². The van der Waals surface area contributed by atoms with E-state index >= 15 is 0 Å². The van der Waals surface area contributed by atoms with Crippen LogP contribution >= 0.6 is 0 Å². The molecule has 0 aliphatic carbocycles. The van der Waals surface area contributed by atoms with Gasteiger partial charge in [0.15, 0.2) is 0 Å². The van der Waals surface area contributed by atoms with Crippen LogP contribution in [0.15, 0.2) is 55.8 Å². The molecule has 2 bridgehead atoms. The molecular weight excluding hydrogens is 763 g/mol. The molecule has 4 heterocycles. The standard InChI is InChI=1S/C39H51N13O7/c1-24(53)47-33(13-30-16-41-21-44-30)37(57)50-6-4-8-51(38(58)34(48-25(2)54)14-31-17-42-22-45-31)19-27-10-28(12-29(11-27)36(40)56)20-52(9-5-7-50)39(59)35(49-26(3)55)15-32-18-43-23-46-32/h10-12,16-18,21-23,33-35H,4-9,13-15,19-20H2,1-3H3,(H2,40,56)(H,41,44)(H,42,45)(H,43,46)(H,47,53)(H,48,54)(H,49,55)/t33-,34-,35-/m1/s1. The number of benzene rings is 1. The number of hydrogen-bond donors (Lipinski definition) is 7. The number of hydrogen-bond acceptors (Lipinski definition) is 10. The van der Waals surface area contributed by atoms with E-state index in [9.17, 15) is 33.6 Å². The molecule has 5 rings (SSSR count). The molecular formula is C39H51N13O7. The minimum Gasteiger partial charge on any atom is -0.366 e. The number of nitrogens with zero attached hydrogens (tertiary/aromatic N) is 6. The highest BCUT2D eigenvalue weighted by atomic mass is 16.2. The van der Waals surface area contributed by atoms with Crippen molar-refractivity contribution < 1.29 is 33.6 Å². The number of nitrogens with one attached hydrogen (secondary N) is 6. The number of aromatic nitrogens is 6. The van der Waals surface area contributed by atoms with Crippen LogP contribution in [-0.2, 0) is 61.1 Å². The van der Waals surface area contributed by atoms with Gasteiger partial charge in [-0.3, -0.25) is 33.6 Å². The van der Waals surface area contributed by atoms with Crippen molar-refractivity contribution in [2.45, 2.75) is 84.1 Å². The van der Waals surface area contributed by atoms with Crippen molar-refractivity contribution in [2.75, 3.05) is 26.2 Å². The topological polar surface area (TPSA) is 277 Å². The fourth-order valence-electron chi connectivity index (χ4n) is 7.15. The number of imidazole rings is 3. The first-order valence-electron chi connectivity index (χ1n) is 19.3. The van der Waals surface area contributed by atoms with Crippen LogP contribution in [0.1, 0.15) is 72.2 Å². The van der Waals surface area contributed by atoms with Gasteiger partial charge in [-0.05, 0) is 36.1 Å². The lowest BCUT2D eigenvalue weighted by Gasteiger charge is -2.33. The van der Waals surface area contributed by atoms with Gasteiger partial charge in [0.25, 0.3) is 0 Å². The van der Waals surface area contributed by atoms with Gasteiger partial charge in [-0.2, -0.15) is 0 Å². The van der Waals surface area contributed by atoms with Crippen molar-refractivity contribution in [2.24, 2.45) is 5.73 Å². The van der Waals surface area contributed by atoms with Gasteiger partial charge in [-0.15, -0.1) is 0 Å². The van der Waals surface area contributed by atoms with Crippen LogP contribution in [0, 0.1) is 0 Å². The number of aromatic amines is 3. The van der Waals surface area contributed by atoms with Crippen molar-refractivity contribution in [1.82, 2.24) is 60.6 Å². The number of amides is 7. The summed E-state index contributed by atoms with van der Waals surface area (Å²) in [6.45, 7) is 4.51. The second-order valence-electron chi connectivity index (χ2n) is 14.6. The molecule has 1 aliphatic heterocycles. The van der Waals surface area contributed by atoms with Crippen molar-refractivity contribution in [3.05, 3.63) is 89.5 Å². The Morgan fingerprint density at radius 2 is 0.915 bits per heavy atom. The predicted octanol–water partition coefficient (Wildman–Crippen LogP) is -0.523. The molecule has 8 N–H and O–H groups in total. The van der Waals surface area contributed by atoms with Crippen LogP contribution in [-0.4, -0.2) is 130 Å². The van der Waals surface area contributed by atoms with Crippen molar-refractivity contribution >= 4 is 41.4 Å². The van der Waals surface area contributed by atoms with E-state index in [-0.39, 0.29) is 82.8 Å². The molecule has 3 atom stereocenters. The minimum atomic E-state index is -0.990. The molecule has 1 aromatic carbocycles. The summed E-state index contributed by atoms with van der Waals surface area (Å²) in [5, 5.41) is 8.26. The van der Waals surface area contributed by atoms with Crippen LogP contribution in [0.25, 0.3) is 0 Å². The molecule has 0 radical (unpaired) electrons. The molecule has 1 aliphatic rings. The first kappa shape index (κ1) is 43.3. The average molecular weight is 814 g/mol. The van der Waals surface area contributed by atoms with E-state index in [2.05, 4.69) is 45.9 Å². The number of fused-ring (bicyclic) bond motifs is 2. The monoisotopic (exact) mass is 813 g/mol. The lowest BCUT2D eigenvalue weighted by atomic mass is 10.0. The van der Waals surface area contributed by atoms with Crippen molar-refractivity contribution in [3.63, 3.8) is 0 Å². The molecule has 0 saturated carbocycles. The molecule has 59 heavy (non-hydrogen) atoms. The second-order valence-corrected chi connectivity index (χ2v) is 14.6. The van der Waals surface area contributed by atoms with Crippen LogP contribution in [0.5, 0.6) is 0 Å². The summed E-state index contributed by atoms with van der Waals surface area (Å²) in [5.74, 6) is -3.18. The highest BCUT2D eigenvalue weighted by Crippen LogP contribution is 2.19. The molecule has 314 valence electrons. The summed E-state index contributed by atoms with van der Waals surface area (Å²) in [6, 6.07) is 2.01. The van der Waals surface area contributed by atoms with Gasteiger partial charge in [0.1, 0.15) is 18.1 Å². The Labute approximate surface area is 340 Å². The van der Waals surface area contributed by atoms with E-state index in [0.717, 1.165) is 0 Å². The molecule has 0 fully saturated rings. The van der Waals surface area contributed by atoms with Crippen molar-refractivity contribution in [3.8, 4) is 0 Å². The second kappa shape index (κ2) is 20.5. The number of H-pyrrole nitrogens is 3. The summed E-state index contributed by atoms with van der Waals surface area (Å²) in [5.41, 5.74) is 8.89. The third kappa shape index (κ3) is 12.8. The van der Waals surface area contributed by atoms with Gasteiger partial charge in [0, 0.05) is 121 Å². The van der Waals surface area contributed by atoms with Crippen LogP contribution in [0.4, 0.5) is 0 Å². The van der Waals surface area contributed by atoms with E-state index in [1.807, 2.05) is 0 Å². The highest BCUT2D eigenvalue weighted by molar-refractivity contribution is 5.93. The summed E-state index contributed by atoms with van der Waals surface area (Å²) < 4.78 is 0. The Hall–Kier alpha value is -6.86. The predicted molar refractivity (Wildman–Crippen MR) is 211 cm³/mol. The third-order valence-corrected chi connectivity index (χ3v) is 9.69. The fraction of sp³-hybridized carbons (Fsp3) is 0.436. The molecule has 20 heteroatoms. The molecule has 3 aromatic heterocycles. The quantitative estimate of drug-likeness (QED) is 0.0907. The summed E-state index contributed by atoms with van der Waals surface area (Å²) in [6.07, 6.45) is 10.0. The number of primary amides is 1. The SMILES string of the molecule is CC(=O)N[C@H](Cc1cnc[nH]1)C(=O)N1CCCN(C(=O)[C@@H](Cc2cnc[nH]2)NC(C)=O)Cc2cc(cc(C(N)=O)c2)CN(C(=O)[C@@H](Cc2cnc[nH]2)NC(C)=O)CCC1. The smallest absolute Gasteiger partial charge is 0.248 e. The summed E-state index contributed by atoms with van der Waals surface area (Å²) in [4.78, 5) is 119. The number of nitrogens with two attached hydrogens (primary N) is 1. The number of rotatable bonds is 13. The first-order chi connectivity index (χ1) is 28.2.